The van der Waals surface area contributed by atoms with Crippen molar-refractivity contribution in [3.8, 4) is 0 Å². The van der Waals surface area contributed by atoms with E-state index in [1.807, 2.05) is 48.5 Å². The maximum absolute atomic E-state index is 13.1. The summed E-state index contributed by atoms with van der Waals surface area (Å²) >= 11 is 0. The zero-order valence-electron chi connectivity index (χ0n) is 19.6. The molecule has 1 aromatic rings. The van der Waals surface area contributed by atoms with Crippen molar-refractivity contribution >= 4 is 28.5 Å². The van der Waals surface area contributed by atoms with E-state index in [0.29, 0.717) is 25.9 Å². The summed E-state index contributed by atoms with van der Waals surface area (Å²) in [7, 11) is -4.02. The van der Waals surface area contributed by atoms with Gasteiger partial charge in [-0.3, -0.25) is 0 Å². The summed E-state index contributed by atoms with van der Waals surface area (Å²) in [4.78, 5) is 14.1. The molecule has 0 saturated carbocycles. The number of amides is 1. The van der Waals surface area contributed by atoms with Gasteiger partial charge in [0, 0.05) is 13.1 Å². The minimum Gasteiger partial charge on any atom is -0.444 e. The summed E-state index contributed by atoms with van der Waals surface area (Å²) < 4.78 is 43.7. The molecule has 0 N–H and O–H groups in total. The van der Waals surface area contributed by atoms with Crippen LogP contribution in [0.25, 0.3) is 0 Å². The second-order valence-corrected chi connectivity index (χ2v) is 12.6. The molecule has 0 atom stereocenters. The van der Waals surface area contributed by atoms with Crippen LogP contribution in [0.4, 0.5) is 4.79 Å². The number of carbonyl (C=O) groups excluding carboxylic acids is 1. The van der Waals surface area contributed by atoms with Crippen LogP contribution >= 0.6 is 0 Å². The number of piperidine rings is 1. The van der Waals surface area contributed by atoms with Crippen molar-refractivity contribution in [2.45, 2.75) is 88.3 Å². The molecule has 0 radical (unpaired) electrons. The van der Waals surface area contributed by atoms with Gasteiger partial charge in [0.1, 0.15) is 5.60 Å². The highest BCUT2D eigenvalue weighted by Gasteiger charge is 2.51. The second kappa shape index (κ2) is 8.08. The minimum absolute atomic E-state index is 0.281. The molecule has 7 nitrogen and oxygen atoms in total. The fourth-order valence-corrected chi connectivity index (χ4v) is 5.39. The molecule has 3 rings (SSSR count). The first-order valence-corrected chi connectivity index (χ1v) is 12.3. The SMILES string of the molecule is CC(C)(C)OC(=O)N1CCC(S(=O)(=O)c2ccc(B3OC(C)(C)C(C)(C)O3)cc2)CC1. The van der Waals surface area contributed by atoms with Crippen molar-refractivity contribution in [2.24, 2.45) is 0 Å². The zero-order valence-corrected chi connectivity index (χ0v) is 20.4. The van der Waals surface area contributed by atoms with Gasteiger partial charge in [-0.15, -0.1) is 0 Å². The number of carbonyl (C=O) groups is 1. The Kier molecular flexibility index (Phi) is 6.28. The summed E-state index contributed by atoms with van der Waals surface area (Å²) in [5, 5.41) is -0.520. The van der Waals surface area contributed by atoms with Crippen LogP contribution in [0.2, 0.25) is 0 Å². The first-order chi connectivity index (χ1) is 14.1. The van der Waals surface area contributed by atoms with Gasteiger partial charge in [0.05, 0.1) is 21.3 Å². The molecule has 1 aromatic carbocycles. The minimum atomic E-state index is -3.49. The van der Waals surface area contributed by atoms with E-state index in [1.54, 1.807) is 29.2 Å². The van der Waals surface area contributed by atoms with Crippen molar-refractivity contribution in [1.82, 2.24) is 4.90 Å². The average molecular weight is 451 g/mol. The summed E-state index contributed by atoms with van der Waals surface area (Å²) in [6, 6.07) is 6.75. The molecule has 2 saturated heterocycles. The van der Waals surface area contributed by atoms with E-state index in [1.165, 1.54) is 0 Å². The first kappa shape index (κ1) is 24.1. The fourth-order valence-electron chi connectivity index (χ4n) is 3.66. The zero-order chi connectivity index (χ0) is 23.2. The Hall–Kier alpha value is -1.58. The van der Waals surface area contributed by atoms with E-state index >= 15 is 0 Å². The van der Waals surface area contributed by atoms with Crippen LogP contribution in [-0.2, 0) is 23.9 Å². The summed E-state index contributed by atoms with van der Waals surface area (Å²) in [5.74, 6) is 0. The predicted octanol–water partition coefficient (Wildman–Crippen LogP) is 3.16. The Bertz CT molecular complexity index is 896. The molecular formula is C22H34BNO6S. The van der Waals surface area contributed by atoms with E-state index in [2.05, 4.69) is 0 Å². The number of sulfone groups is 1. The van der Waals surface area contributed by atoms with E-state index in [4.69, 9.17) is 14.0 Å². The highest BCUT2D eigenvalue weighted by molar-refractivity contribution is 7.92. The molecule has 2 fully saturated rings. The molecule has 172 valence electrons. The third kappa shape index (κ3) is 5.09. The van der Waals surface area contributed by atoms with Crippen LogP contribution in [0.3, 0.4) is 0 Å². The van der Waals surface area contributed by atoms with Gasteiger partial charge in [0.25, 0.3) is 0 Å². The van der Waals surface area contributed by atoms with Gasteiger partial charge < -0.3 is 18.9 Å². The molecule has 0 spiro atoms. The van der Waals surface area contributed by atoms with Crippen molar-refractivity contribution in [3.63, 3.8) is 0 Å². The molecule has 2 aliphatic heterocycles. The molecule has 1 amide bonds. The topological polar surface area (TPSA) is 82.1 Å². The lowest BCUT2D eigenvalue weighted by atomic mass is 9.79. The summed E-state index contributed by atoms with van der Waals surface area (Å²) in [6.45, 7) is 14.1. The lowest BCUT2D eigenvalue weighted by Gasteiger charge is -2.33. The number of hydrogen-bond acceptors (Lipinski definition) is 6. The van der Waals surface area contributed by atoms with Crippen molar-refractivity contribution in [2.75, 3.05) is 13.1 Å². The van der Waals surface area contributed by atoms with E-state index < -0.39 is 45.1 Å². The number of hydrogen-bond donors (Lipinski definition) is 0. The summed E-state index contributed by atoms with van der Waals surface area (Å²) in [6.07, 6.45) is 0.385. The van der Waals surface area contributed by atoms with Gasteiger partial charge in [-0.1, -0.05) is 12.1 Å². The molecular weight excluding hydrogens is 417 g/mol. The summed E-state index contributed by atoms with van der Waals surface area (Å²) in [5.41, 5.74) is -0.689. The Labute approximate surface area is 186 Å². The normalized spacial score (nSPS) is 21.9. The molecule has 0 aliphatic carbocycles. The van der Waals surface area contributed by atoms with E-state index in [0.717, 1.165) is 5.46 Å². The van der Waals surface area contributed by atoms with Gasteiger partial charge in [-0.2, -0.15) is 0 Å². The molecule has 9 heteroatoms. The van der Waals surface area contributed by atoms with Crippen LogP contribution in [0.1, 0.15) is 61.3 Å². The Morgan fingerprint density at radius 3 is 1.97 bits per heavy atom. The van der Waals surface area contributed by atoms with Crippen LogP contribution < -0.4 is 5.46 Å². The molecule has 2 heterocycles. The molecule has 0 unspecified atom stereocenters. The van der Waals surface area contributed by atoms with Crippen LogP contribution in [0.15, 0.2) is 29.2 Å². The predicted molar refractivity (Wildman–Crippen MR) is 120 cm³/mol. The third-order valence-electron chi connectivity index (χ3n) is 6.27. The van der Waals surface area contributed by atoms with Crippen LogP contribution in [0, 0.1) is 0 Å². The van der Waals surface area contributed by atoms with Gasteiger partial charge in [-0.25, -0.2) is 13.2 Å². The van der Waals surface area contributed by atoms with Gasteiger partial charge in [-0.05, 0) is 78.9 Å². The number of rotatable bonds is 3. The molecule has 2 aliphatic rings. The van der Waals surface area contributed by atoms with E-state index in [-0.39, 0.29) is 4.90 Å². The molecule has 31 heavy (non-hydrogen) atoms. The van der Waals surface area contributed by atoms with Crippen molar-refractivity contribution in [3.05, 3.63) is 24.3 Å². The Morgan fingerprint density at radius 2 is 1.52 bits per heavy atom. The lowest BCUT2D eigenvalue weighted by Crippen LogP contribution is -2.44. The Balaban J connectivity index is 1.65. The number of likely N-dealkylation sites (tertiary alicyclic amines) is 1. The third-order valence-corrected chi connectivity index (χ3v) is 8.54. The molecule has 0 bridgehead atoms. The number of ether oxygens (including phenoxy) is 1. The van der Waals surface area contributed by atoms with Crippen LogP contribution in [-0.4, -0.2) is 61.7 Å². The number of nitrogens with zero attached hydrogens (tertiary/aromatic N) is 1. The fraction of sp³-hybridized carbons (Fsp3) is 0.682. The Morgan fingerprint density at radius 1 is 1.03 bits per heavy atom. The standard InChI is InChI=1S/C22H34BNO6S/c1-20(2,3)28-19(25)24-14-12-18(13-15-24)31(26,27)17-10-8-16(9-11-17)23-29-21(4,5)22(6,7)30-23/h8-11,18H,12-15H2,1-7H3. The van der Waals surface area contributed by atoms with E-state index in [9.17, 15) is 13.2 Å². The highest BCUT2D eigenvalue weighted by Crippen LogP contribution is 2.36. The monoisotopic (exact) mass is 451 g/mol. The first-order valence-electron chi connectivity index (χ1n) is 10.8. The average Bonchev–Trinajstić information content (AvgIpc) is 2.88. The van der Waals surface area contributed by atoms with Gasteiger partial charge >= 0.3 is 13.2 Å². The largest absolute Gasteiger partial charge is 0.494 e. The molecule has 0 aromatic heterocycles. The highest BCUT2D eigenvalue weighted by atomic mass is 32.2. The van der Waals surface area contributed by atoms with Crippen molar-refractivity contribution in [1.29, 1.82) is 0 Å². The van der Waals surface area contributed by atoms with Crippen molar-refractivity contribution < 1.29 is 27.3 Å². The number of benzene rings is 1. The smallest absolute Gasteiger partial charge is 0.444 e. The second-order valence-electron chi connectivity index (χ2n) is 10.4. The maximum Gasteiger partial charge on any atom is 0.494 e. The maximum atomic E-state index is 13.1. The quantitative estimate of drug-likeness (QED) is 0.657. The lowest BCUT2D eigenvalue weighted by molar-refractivity contribution is 0.00578. The van der Waals surface area contributed by atoms with Gasteiger partial charge in [0.15, 0.2) is 9.84 Å². The van der Waals surface area contributed by atoms with Gasteiger partial charge in [0.2, 0.25) is 0 Å². The van der Waals surface area contributed by atoms with Crippen LogP contribution in [0.5, 0.6) is 0 Å².